The van der Waals surface area contributed by atoms with E-state index in [2.05, 4.69) is 36.3 Å². The second kappa shape index (κ2) is 7.05. The van der Waals surface area contributed by atoms with Crippen molar-refractivity contribution in [1.82, 2.24) is 10.2 Å². The number of nitrogens with one attached hydrogen (secondary N) is 1. The number of likely N-dealkylation sites (N-methyl/N-ethyl adjacent to an activating group) is 1. The van der Waals surface area contributed by atoms with Gasteiger partial charge in [0.05, 0.1) is 5.54 Å². The van der Waals surface area contributed by atoms with Crippen LogP contribution in [0.25, 0.3) is 0 Å². The van der Waals surface area contributed by atoms with Crippen molar-refractivity contribution in [2.75, 3.05) is 13.6 Å². The molecule has 4 heteroatoms. The van der Waals surface area contributed by atoms with Crippen molar-refractivity contribution in [3.63, 3.8) is 0 Å². The molecule has 1 amide bonds. The average Bonchev–Trinajstić information content (AvgIpc) is 2.93. The van der Waals surface area contributed by atoms with Crippen molar-refractivity contribution in [1.29, 1.82) is 0 Å². The average molecular weight is 289 g/mol. The summed E-state index contributed by atoms with van der Waals surface area (Å²) in [6.07, 6.45) is 3.75. The minimum absolute atomic E-state index is 0.0139. The van der Waals surface area contributed by atoms with Gasteiger partial charge in [-0.25, -0.2) is 0 Å². The van der Waals surface area contributed by atoms with E-state index in [4.69, 9.17) is 5.73 Å². The first-order chi connectivity index (χ1) is 10.0. The van der Waals surface area contributed by atoms with Crippen molar-refractivity contribution >= 4 is 5.91 Å². The predicted molar refractivity (Wildman–Crippen MR) is 85.8 cm³/mol. The lowest BCUT2D eigenvalue weighted by Gasteiger charge is -2.28. The van der Waals surface area contributed by atoms with Gasteiger partial charge in [0.15, 0.2) is 0 Å². The Morgan fingerprint density at radius 1 is 1.33 bits per heavy atom. The Bertz CT molecular complexity index is 454. The summed E-state index contributed by atoms with van der Waals surface area (Å²) in [4.78, 5) is 14.4. The third-order valence-corrected chi connectivity index (χ3v) is 4.53. The van der Waals surface area contributed by atoms with Gasteiger partial charge in [-0.1, -0.05) is 43.2 Å². The van der Waals surface area contributed by atoms with E-state index in [0.717, 1.165) is 32.2 Å². The Balaban J connectivity index is 1.78. The Kier molecular flexibility index (Phi) is 5.37. The van der Waals surface area contributed by atoms with Crippen LogP contribution in [0.2, 0.25) is 0 Å². The van der Waals surface area contributed by atoms with Gasteiger partial charge in [-0.05, 0) is 32.4 Å². The minimum atomic E-state index is -0.627. The molecule has 1 fully saturated rings. The molecule has 1 saturated carbocycles. The first-order valence-corrected chi connectivity index (χ1v) is 7.82. The fraction of sp³-hybridized carbons (Fsp3) is 0.588. The molecule has 0 spiro atoms. The summed E-state index contributed by atoms with van der Waals surface area (Å²) in [7, 11) is 2.08. The highest BCUT2D eigenvalue weighted by molar-refractivity contribution is 5.86. The van der Waals surface area contributed by atoms with E-state index in [9.17, 15) is 4.79 Å². The molecule has 116 valence electrons. The number of benzene rings is 1. The Labute approximate surface area is 127 Å². The topological polar surface area (TPSA) is 58.4 Å². The van der Waals surface area contributed by atoms with Gasteiger partial charge in [0.25, 0.3) is 0 Å². The molecular weight excluding hydrogens is 262 g/mol. The molecule has 1 aliphatic carbocycles. The molecule has 1 unspecified atom stereocenters. The molecular formula is C17H27N3O. The van der Waals surface area contributed by atoms with E-state index in [1.54, 1.807) is 0 Å². The Morgan fingerprint density at radius 3 is 2.57 bits per heavy atom. The molecule has 0 saturated heterocycles. The monoisotopic (exact) mass is 289 g/mol. The summed E-state index contributed by atoms with van der Waals surface area (Å²) in [5.41, 5.74) is 6.82. The van der Waals surface area contributed by atoms with E-state index < -0.39 is 5.54 Å². The number of hydrogen-bond donors (Lipinski definition) is 2. The number of carbonyl (C=O) groups excluding carboxylic acids is 1. The van der Waals surface area contributed by atoms with E-state index in [1.807, 2.05) is 18.2 Å². The molecule has 0 bridgehead atoms. The zero-order valence-electron chi connectivity index (χ0n) is 13.1. The third-order valence-electron chi connectivity index (χ3n) is 4.53. The van der Waals surface area contributed by atoms with Crippen molar-refractivity contribution in [3.05, 3.63) is 35.9 Å². The fourth-order valence-electron chi connectivity index (χ4n) is 2.83. The molecule has 1 atom stereocenters. The highest BCUT2D eigenvalue weighted by Crippen LogP contribution is 2.27. The second-order valence-corrected chi connectivity index (χ2v) is 6.32. The number of amides is 1. The van der Waals surface area contributed by atoms with E-state index in [-0.39, 0.29) is 11.9 Å². The van der Waals surface area contributed by atoms with Crippen LogP contribution in [0.3, 0.4) is 0 Å². The van der Waals surface area contributed by atoms with Crippen LogP contribution < -0.4 is 11.1 Å². The molecule has 4 nitrogen and oxygen atoms in total. The molecule has 1 aromatic rings. The molecule has 0 aliphatic heterocycles. The molecule has 1 aliphatic rings. The van der Waals surface area contributed by atoms with Gasteiger partial charge in [-0.15, -0.1) is 0 Å². The van der Waals surface area contributed by atoms with Crippen molar-refractivity contribution in [3.8, 4) is 0 Å². The van der Waals surface area contributed by atoms with E-state index in [1.165, 1.54) is 5.56 Å². The number of hydrogen-bond acceptors (Lipinski definition) is 3. The maximum absolute atomic E-state index is 12.2. The lowest BCUT2D eigenvalue weighted by atomic mass is 9.98. The second-order valence-electron chi connectivity index (χ2n) is 6.32. The highest BCUT2D eigenvalue weighted by Gasteiger charge is 2.36. The minimum Gasteiger partial charge on any atom is -0.353 e. The van der Waals surface area contributed by atoms with Gasteiger partial charge < -0.3 is 11.1 Å². The summed E-state index contributed by atoms with van der Waals surface area (Å²) >= 11 is 0. The molecule has 21 heavy (non-hydrogen) atoms. The first-order valence-electron chi connectivity index (χ1n) is 7.82. The quantitative estimate of drug-likeness (QED) is 0.841. The SMILES string of the molecule is CC(CNC(=O)C1(N)CCCC1)N(C)Cc1ccccc1. The number of carbonyl (C=O) groups is 1. The molecule has 0 radical (unpaired) electrons. The number of rotatable bonds is 6. The lowest BCUT2D eigenvalue weighted by Crippen LogP contribution is -2.54. The van der Waals surface area contributed by atoms with Crippen LogP contribution >= 0.6 is 0 Å². The van der Waals surface area contributed by atoms with E-state index >= 15 is 0 Å². The lowest BCUT2D eigenvalue weighted by molar-refractivity contribution is -0.126. The zero-order valence-corrected chi connectivity index (χ0v) is 13.1. The van der Waals surface area contributed by atoms with Gasteiger partial charge in [-0.3, -0.25) is 9.69 Å². The van der Waals surface area contributed by atoms with Crippen LogP contribution in [0.1, 0.15) is 38.2 Å². The van der Waals surface area contributed by atoms with Crippen molar-refractivity contribution in [2.45, 2.75) is 50.7 Å². The number of nitrogens with two attached hydrogens (primary N) is 1. The third kappa shape index (κ3) is 4.29. The van der Waals surface area contributed by atoms with Gasteiger partial charge in [0.2, 0.25) is 5.91 Å². The maximum Gasteiger partial charge on any atom is 0.240 e. The fourth-order valence-corrected chi connectivity index (χ4v) is 2.83. The first kappa shape index (κ1) is 16.0. The van der Waals surface area contributed by atoms with Gasteiger partial charge in [-0.2, -0.15) is 0 Å². The summed E-state index contributed by atoms with van der Waals surface area (Å²) < 4.78 is 0. The summed E-state index contributed by atoms with van der Waals surface area (Å²) in [6.45, 7) is 3.65. The van der Waals surface area contributed by atoms with Crippen molar-refractivity contribution in [2.24, 2.45) is 5.73 Å². The van der Waals surface area contributed by atoms with E-state index in [0.29, 0.717) is 6.54 Å². The summed E-state index contributed by atoms with van der Waals surface area (Å²) in [5.74, 6) is 0.0139. The van der Waals surface area contributed by atoms with Gasteiger partial charge in [0.1, 0.15) is 0 Å². The van der Waals surface area contributed by atoms with Crippen LogP contribution in [-0.2, 0) is 11.3 Å². The predicted octanol–water partition coefficient (Wildman–Crippen LogP) is 1.89. The van der Waals surface area contributed by atoms with Crippen LogP contribution in [0.5, 0.6) is 0 Å². The molecule has 0 aromatic heterocycles. The zero-order chi connectivity index (χ0) is 15.3. The van der Waals surface area contributed by atoms with Crippen molar-refractivity contribution < 1.29 is 4.79 Å². The largest absolute Gasteiger partial charge is 0.353 e. The van der Waals surface area contributed by atoms with Crippen LogP contribution in [0.4, 0.5) is 0 Å². The van der Waals surface area contributed by atoms with Crippen LogP contribution in [-0.4, -0.2) is 36.0 Å². The molecule has 2 rings (SSSR count). The molecule has 3 N–H and O–H groups in total. The molecule has 1 aromatic carbocycles. The maximum atomic E-state index is 12.2. The Hall–Kier alpha value is -1.39. The van der Waals surface area contributed by atoms with Crippen LogP contribution in [0, 0.1) is 0 Å². The smallest absolute Gasteiger partial charge is 0.240 e. The normalized spacial score (nSPS) is 18.7. The standard InChI is InChI=1S/C17H27N3O/c1-14(20(2)13-15-8-4-3-5-9-15)12-19-16(21)17(18)10-6-7-11-17/h3-5,8-9,14H,6-7,10-13,18H2,1-2H3,(H,19,21). The summed E-state index contributed by atoms with van der Waals surface area (Å²) in [6, 6.07) is 10.6. The van der Waals surface area contributed by atoms with Gasteiger partial charge >= 0.3 is 0 Å². The number of nitrogens with zero attached hydrogens (tertiary/aromatic N) is 1. The molecule has 0 heterocycles. The highest BCUT2D eigenvalue weighted by atomic mass is 16.2. The van der Waals surface area contributed by atoms with Gasteiger partial charge in [0, 0.05) is 19.1 Å². The summed E-state index contributed by atoms with van der Waals surface area (Å²) in [5, 5.41) is 3.03. The van der Waals surface area contributed by atoms with Crippen LogP contribution in [0.15, 0.2) is 30.3 Å². The Morgan fingerprint density at radius 2 is 1.95 bits per heavy atom.